The van der Waals surface area contributed by atoms with Crippen molar-refractivity contribution in [1.29, 1.82) is 0 Å². The van der Waals surface area contributed by atoms with Gasteiger partial charge in [-0.1, -0.05) is 26.2 Å². The molecule has 1 aliphatic carbocycles. The first kappa shape index (κ1) is 15.9. The van der Waals surface area contributed by atoms with Gasteiger partial charge in [-0.3, -0.25) is 9.59 Å². The first-order chi connectivity index (χ1) is 10.2. The molecule has 4 nitrogen and oxygen atoms in total. The van der Waals surface area contributed by atoms with E-state index in [4.69, 9.17) is 6.42 Å². The molecule has 1 N–H and O–H groups in total. The molecular formula is C17H26N2O2. The summed E-state index contributed by atoms with van der Waals surface area (Å²) in [6.07, 6.45) is 13.0. The lowest BCUT2D eigenvalue weighted by Crippen LogP contribution is -2.65. The van der Waals surface area contributed by atoms with Crippen LogP contribution < -0.4 is 5.32 Å². The molecule has 0 radical (unpaired) electrons. The monoisotopic (exact) mass is 290 g/mol. The van der Waals surface area contributed by atoms with Gasteiger partial charge >= 0.3 is 0 Å². The second kappa shape index (κ2) is 7.49. The maximum absolute atomic E-state index is 12.8. The van der Waals surface area contributed by atoms with Gasteiger partial charge in [0.25, 0.3) is 0 Å². The number of unbranched alkanes of at least 4 members (excludes halogenated alkanes) is 1. The Kier molecular flexibility index (Phi) is 5.67. The van der Waals surface area contributed by atoms with Crippen LogP contribution in [0.15, 0.2) is 0 Å². The summed E-state index contributed by atoms with van der Waals surface area (Å²) in [6, 6.07) is -0.637. The molecule has 1 saturated carbocycles. The highest BCUT2D eigenvalue weighted by atomic mass is 16.2. The van der Waals surface area contributed by atoms with E-state index in [1.54, 1.807) is 4.90 Å². The van der Waals surface area contributed by atoms with E-state index in [0.29, 0.717) is 25.3 Å². The van der Waals surface area contributed by atoms with Gasteiger partial charge in [-0.2, -0.15) is 0 Å². The highest BCUT2D eigenvalue weighted by molar-refractivity contribution is 5.97. The zero-order valence-electron chi connectivity index (χ0n) is 12.9. The van der Waals surface area contributed by atoms with Crippen LogP contribution in [-0.2, 0) is 9.59 Å². The molecule has 0 spiro atoms. The van der Waals surface area contributed by atoms with Gasteiger partial charge in [0.1, 0.15) is 12.1 Å². The van der Waals surface area contributed by atoms with Crippen molar-refractivity contribution in [3.05, 3.63) is 0 Å². The molecule has 2 unspecified atom stereocenters. The number of nitrogens with zero attached hydrogens (tertiary/aromatic N) is 1. The van der Waals surface area contributed by atoms with Crippen molar-refractivity contribution in [3.63, 3.8) is 0 Å². The number of piperazine rings is 1. The Morgan fingerprint density at radius 3 is 2.62 bits per heavy atom. The molecule has 2 fully saturated rings. The summed E-state index contributed by atoms with van der Waals surface area (Å²) < 4.78 is 0. The van der Waals surface area contributed by atoms with Crippen molar-refractivity contribution < 1.29 is 9.59 Å². The van der Waals surface area contributed by atoms with Crippen LogP contribution in [0.5, 0.6) is 0 Å². The standard InChI is InChI=1S/C17H26N2O2/c1-3-5-9-12-19-14(4-2)16(20)18-15(17(19)21)13-10-7-6-8-11-13/h1,13-15H,4-12H2,2H3,(H,18,20). The van der Waals surface area contributed by atoms with E-state index >= 15 is 0 Å². The van der Waals surface area contributed by atoms with E-state index in [9.17, 15) is 9.59 Å². The minimum absolute atomic E-state index is 0.00776. The number of hydrogen-bond acceptors (Lipinski definition) is 2. The van der Waals surface area contributed by atoms with E-state index in [1.807, 2.05) is 6.92 Å². The lowest BCUT2D eigenvalue weighted by Gasteiger charge is -2.42. The Balaban J connectivity index is 2.08. The Hall–Kier alpha value is -1.50. The first-order valence-electron chi connectivity index (χ1n) is 8.23. The molecule has 0 aromatic carbocycles. The lowest BCUT2D eigenvalue weighted by atomic mass is 9.82. The minimum atomic E-state index is -0.324. The number of carbonyl (C=O) groups excluding carboxylic acids is 2. The topological polar surface area (TPSA) is 49.4 Å². The maximum Gasteiger partial charge on any atom is 0.246 e. The molecule has 2 atom stereocenters. The molecular weight excluding hydrogens is 264 g/mol. The van der Waals surface area contributed by atoms with E-state index in [0.717, 1.165) is 19.3 Å². The van der Waals surface area contributed by atoms with Gasteiger partial charge in [-0.25, -0.2) is 0 Å². The van der Waals surface area contributed by atoms with Crippen molar-refractivity contribution in [2.24, 2.45) is 5.92 Å². The third kappa shape index (κ3) is 3.58. The lowest BCUT2D eigenvalue weighted by molar-refractivity contribution is -0.151. The molecule has 2 amide bonds. The van der Waals surface area contributed by atoms with Gasteiger partial charge in [0.15, 0.2) is 0 Å². The summed E-state index contributed by atoms with van der Waals surface area (Å²) in [5, 5.41) is 2.99. The largest absolute Gasteiger partial charge is 0.342 e. The third-order valence-electron chi connectivity index (χ3n) is 4.75. The number of carbonyl (C=O) groups is 2. The average molecular weight is 290 g/mol. The van der Waals surface area contributed by atoms with Gasteiger partial charge in [-0.15, -0.1) is 12.3 Å². The summed E-state index contributed by atoms with van der Waals surface area (Å²) in [7, 11) is 0. The predicted molar refractivity (Wildman–Crippen MR) is 82.4 cm³/mol. The van der Waals surface area contributed by atoms with Gasteiger partial charge in [0, 0.05) is 13.0 Å². The summed E-state index contributed by atoms with van der Waals surface area (Å²) in [5.74, 6) is 3.02. The Morgan fingerprint density at radius 1 is 1.29 bits per heavy atom. The van der Waals surface area contributed by atoms with E-state index in [1.165, 1.54) is 19.3 Å². The molecule has 1 aliphatic heterocycles. The molecule has 1 saturated heterocycles. The normalized spacial score (nSPS) is 27.3. The van der Waals surface area contributed by atoms with Crippen LogP contribution in [0.2, 0.25) is 0 Å². The molecule has 2 aliphatic rings. The smallest absolute Gasteiger partial charge is 0.246 e. The van der Waals surface area contributed by atoms with Crippen molar-refractivity contribution in [1.82, 2.24) is 10.2 Å². The summed E-state index contributed by atoms with van der Waals surface area (Å²) >= 11 is 0. The van der Waals surface area contributed by atoms with Gasteiger partial charge in [-0.05, 0) is 31.6 Å². The summed E-state index contributed by atoms with van der Waals surface area (Å²) in [6.45, 7) is 2.55. The number of rotatable bonds is 5. The van der Waals surface area contributed by atoms with Crippen LogP contribution in [0.4, 0.5) is 0 Å². The van der Waals surface area contributed by atoms with E-state index in [-0.39, 0.29) is 23.9 Å². The molecule has 116 valence electrons. The summed E-state index contributed by atoms with van der Waals surface area (Å²) in [5.41, 5.74) is 0. The molecule has 0 aromatic heterocycles. The molecule has 4 heteroatoms. The number of hydrogen-bond donors (Lipinski definition) is 1. The van der Waals surface area contributed by atoms with Crippen molar-refractivity contribution in [3.8, 4) is 12.3 Å². The second-order valence-corrected chi connectivity index (χ2v) is 6.15. The van der Waals surface area contributed by atoms with Crippen molar-refractivity contribution >= 4 is 11.8 Å². The molecule has 2 rings (SSSR count). The predicted octanol–water partition coefficient (Wildman–Crippen LogP) is 2.09. The molecule has 0 aromatic rings. The van der Waals surface area contributed by atoms with Gasteiger partial charge < -0.3 is 10.2 Å². The second-order valence-electron chi connectivity index (χ2n) is 6.15. The zero-order chi connectivity index (χ0) is 15.2. The molecule has 1 heterocycles. The SMILES string of the molecule is C#CCCCN1C(=O)C(C2CCCCC2)NC(=O)C1CC. The van der Waals surface area contributed by atoms with E-state index < -0.39 is 0 Å². The first-order valence-corrected chi connectivity index (χ1v) is 8.23. The fraction of sp³-hybridized carbons (Fsp3) is 0.765. The van der Waals surface area contributed by atoms with E-state index in [2.05, 4.69) is 11.2 Å². The Labute approximate surface area is 127 Å². The Morgan fingerprint density at radius 2 is 2.00 bits per heavy atom. The van der Waals surface area contributed by atoms with Crippen LogP contribution >= 0.6 is 0 Å². The fourth-order valence-electron chi connectivity index (χ4n) is 3.60. The van der Waals surface area contributed by atoms with Crippen LogP contribution in [-0.4, -0.2) is 35.3 Å². The van der Waals surface area contributed by atoms with Crippen molar-refractivity contribution in [2.75, 3.05) is 6.54 Å². The minimum Gasteiger partial charge on any atom is -0.342 e. The average Bonchev–Trinajstić information content (AvgIpc) is 2.51. The number of amides is 2. The fourth-order valence-corrected chi connectivity index (χ4v) is 3.60. The van der Waals surface area contributed by atoms with Crippen LogP contribution in [0.1, 0.15) is 58.3 Å². The molecule has 0 bridgehead atoms. The maximum atomic E-state index is 12.8. The highest BCUT2D eigenvalue weighted by Gasteiger charge is 2.42. The van der Waals surface area contributed by atoms with Gasteiger partial charge in [0.2, 0.25) is 11.8 Å². The molecule has 21 heavy (non-hydrogen) atoms. The van der Waals surface area contributed by atoms with Gasteiger partial charge in [0.05, 0.1) is 0 Å². The third-order valence-corrected chi connectivity index (χ3v) is 4.75. The van der Waals surface area contributed by atoms with Crippen molar-refractivity contribution in [2.45, 2.75) is 70.4 Å². The summed E-state index contributed by atoms with van der Waals surface area (Å²) in [4.78, 5) is 26.9. The Bertz CT molecular complexity index is 421. The quantitative estimate of drug-likeness (QED) is 0.622. The number of terminal acetylenes is 1. The van der Waals surface area contributed by atoms with Crippen LogP contribution in [0, 0.1) is 18.3 Å². The number of nitrogens with one attached hydrogen (secondary N) is 1. The van der Waals surface area contributed by atoms with Crippen LogP contribution in [0.25, 0.3) is 0 Å². The highest BCUT2D eigenvalue weighted by Crippen LogP contribution is 2.29. The van der Waals surface area contributed by atoms with Crippen LogP contribution in [0.3, 0.4) is 0 Å². The zero-order valence-corrected chi connectivity index (χ0v) is 12.9.